The molecule has 1 fully saturated rings. The van der Waals surface area contributed by atoms with E-state index in [9.17, 15) is 9.90 Å². The third kappa shape index (κ3) is 3.11. The summed E-state index contributed by atoms with van der Waals surface area (Å²) in [6, 6.07) is 9.16. The van der Waals surface area contributed by atoms with Gasteiger partial charge in [0, 0.05) is 18.1 Å². The zero-order chi connectivity index (χ0) is 17.4. The molecule has 0 bridgehead atoms. The van der Waals surface area contributed by atoms with Crippen LogP contribution in [0.1, 0.15) is 5.56 Å². The van der Waals surface area contributed by atoms with Gasteiger partial charge in [-0.25, -0.2) is 9.48 Å². The smallest absolute Gasteiger partial charge is 0.328 e. The van der Waals surface area contributed by atoms with E-state index < -0.39 is 12.0 Å². The third-order valence-electron chi connectivity index (χ3n) is 4.43. The zero-order valence-electron chi connectivity index (χ0n) is 14.2. The van der Waals surface area contributed by atoms with Crippen molar-refractivity contribution in [2.75, 3.05) is 24.7 Å². The van der Waals surface area contributed by atoms with Gasteiger partial charge in [0.05, 0.1) is 30.6 Å². The van der Waals surface area contributed by atoms with E-state index in [-0.39, 0.29) is 19.0 Å². The number of hydrogen-bond donors (Lipinski definition) is 1. The summed E-state index contributed by atoms with van der Waals surface area (Å²) in [5.41, 5.74) is 2.92. The topological polar surface area (TPSA) is 80.5 Å². The number of pyridine rings is 1. The van der Waals surface area contributed by atoms with Crippen molar-refractivity contribution in [3.05, 3.63) is 48.3 Å². The van der Waals surface area contributed by atoms with Gasteiger partial charge in [-0.2, -0.15) is 0 Å². The summed E-state index contributed by atoms with van der Waals surface area (Å²) in [4.78, 5) is 17.6. The second kappa shape index (κ2) is 7.31. The van der Waals surface area contributed by atoms with E-state index in [4.69, 9.17) is 9.84 Å². The van der Waals surface area contributed by atoms with Gasteiger partial charge >= 0.3 is 5.97 Å². The number of aryl methyl sites for hydroxylation is 1. The molecular formula is C18H19ClN4O3. The molecule has 1 N–H and O–H groups in total. The van der Waals surface area contributed by atoms with Gasteiger partial charge in [-0.3, -0.25) is 4.98 Å². The Morgan fingerprint density at radius 1 is 1.27 bits per heavy atom. The molecular weight excluding hydrogens is 356 g/mol. The molecule has 0 spiro atoms. The molecule has 8 heteroatoms. The lowest BCUT2D eigenvalue weighted by Crippen LogP contribution is -2.50. The summed E-state index contributed by atoms with van der Waals surface area (Å²) in [5.74, 6) is -0.263. The van der Waals surface area contributed by atoms with Crippen LogP contribution in [0.4, 0.5) is 5.82 Å². The number of aromatic nitrogens is 3. The van der Waals surface area contributed by atoms with Gasteiger partial charge in [0.25, 0.3) is 0 Å². The van der Waals surface area contributed by atoms with Gasteiger partial charge in [-0.15, -0.1) is 17.5 Å². The summed E-state index contributed by atoms with van der Waals surface area (Å²) in [7, 11) is 0. The molecule has 4 rings (SSSR count). The number of hydrogen-bond acceptors (Lipinski definition) is 5. The Morgan fingerprint density at radius 3 is 2.77 bits per heavy atom. The van der Waals surface area contributed by atoms with Crippen LogP contribution in [0.25, 0.3) is 16.6 Å². The monoisotopic (exact) mass is 374 g/mol. The van der Waals surface area contributed by atoms with Gasteiger partial charge in [0.2, 0.25) is 0 Å². The molecule has 0 radical (unpaired) electrons. The maximum absolute atomic E-state index is 11.6. The van der Waals surface area contributed by atoms with E-state index >= 15 is 0 Å². The molecule has 1 aromatic carbocycles. The molecule has 0 saturated carbocycles. The molecule has 1 atom stereocenters. The van der Waals surface area contributed by atoms with Crippen LogP contribution in [0.5, 0.6) is 0 Å². The van der Waals surface area contributed by atoms with Crippen molar-refractivity contribution in [2.24, 2.45) is 0 Å². The minimum Gasteiger partial charge on any atom is -0.480 e. The van der Waals surface area contributed by atoms with E-state index in [1.807, 2.05) is 41.9 Å². The van der Waals surface area contributed by atoms with Crippen molar-refractivity contribution in [1.82, 2.24) is 14.8 Å². The van der Waals surface area contributed by atoms with Crippen LogP contribution >= 0.6 is 12.4 Å². The van der Waals surface area contributed by atoms with Crippen molar-refractivity contribution in [1.29, 1.82) is 0 Å². The first kappa shape index (κ1) is 18.2. The number of carboxylic acid groups (broad SMARTS) is 1. The Labute approximate surface area is 156 Å². The van der Waals surface area contributed by atoms with E-state index in [1.54, 1.807) is 17.3 Å². The standard InChI is InChI=1S/C18H18N4O3.ClH/c1-12-2-4-13(5-3-12)22-15-10-19-7-6-14(15)17(20-22)21-8-9-25-11-16(21)18(23)24;/h2-7,10,16H,8-9,11H2,1H3,(H,23,24);1H. The summed E-state index contributed by atoms with van der Waals surface area (Å²) in [6.45, 7) is 3.15. The average molecular weight is 375 g/mol. The first-order chi connectivity index (χ1) is 12.1. The first-order valence-electron chi connectivity index (χ1n) is 8.12. The largest absolute Gasteiger partial charge is 0.480 e. The van der Waals surface area contributed by atoms with Crippen LogP contribution < -0.4 is 4.90 Å². The Kier molecular flexibility index (Phi) is 5.11. The fraction of sp³-hybridized carbons (Fsp3) is 0.278. The SMILES string of the molecule is Cc1ccc(-n2nc(N3CCOCC3C(=O)O)c3ccncc32)cc1.Cl. The first-order valence-corrected chi connectivity index (χ1v) is 8.12. The molecule has 1 aliphatic rings. The normalized spacial score (nSPS) is 17.1. The third-order valence-corrected chi connectivity index (χ3v) is 4.43. The van der Waals surface area contributed by atoms with E-state index in [1.165, 1.54) is 0 Å². The van der Waals surface area contributed by atoms with E-state index in [2.05, 4.69) is 4.98 Å². The lowest BCUT2D eigenvalue weighted by molar-refractivity contribution is -0.141. The van der Waals surface area contributed by atoms with Crippen LogP contribution in [0.15, 0.2) is 42.7 Å². The lowest BCUT2D eigenvalue weighted by Gasteiger charge is -2.33. The van der Waals surface area contributed by atoms with Crippen LogP contribution in [0.3, 0.4) is 0 Å². The number of fused-ring (bicyclic) bond motifs is 1. The number of nitrogens with zero attached hydrogens (tertiary/aromatic N) is 4. The maximum atomic E-state index is 11.6. The molecule has 0 aliphatic carbocycles. The van der Waals surface area contributed by atoms with E-state index in [0.29, 0.717) is 19.0 Å². The summed E-state index contributed by atoms with van der Waals surface area (Å²) >= 11 is 0. The van der Waals surface area contributed by atoms with Crippen molar-refractivity contribution >= 4 is 35.1 Å². The zero-order valence-corrected chi connectivity index (χ0v) is 15.0. The quantitative estimate of drug-likeness (QED) is 0.758. The number of morpholine rings is 1. The maximum Gasteiger partial charge on any atom is 0.328 e. The Bertz CT molecular complexity index is 926. The Morgan fingerprint density at radius 2 is 2.04 bits per heavy atom. The summed E-state index contributed by atoms with van der Waals surface area (Å²) < 4.78 is 7.15. The highest BCUT2D eigenvalue weighted by molar-refractivity contribution is 5.93. The molecule has 1 aliphatic heterocycles. The van der Waals surface area contributed by atoms with Gasteiger partial charge in [0.1, 0.15) is 0 Å². The van der Waals surface area contributed by atoms with Crippen LogP contribution in [-0.4, -0.2) is 51.6 Å². The number of benzene rings is 1. The number of aliphatic carboxylic acids is 1. The van der Waals surface area contributed by atoms with Crippen LogP contribution in [-0.2, 0) is 9.53 Å². The van der Waals surface area contributed by atoms with Crippen molar-refractivity contribution in [2.45, 2.75) is 13.0 Å². The number of ether oxygens (including phenoxy) is 1. The summed E-state index contributed by atoms with van der Waals surface area (Å²) in [5, 5.41) is 15.1. The molecule has 1 unspecified atom stereocenters. The molecule has 3 heterocycles. The van der Waals surface area contributed by atoms with Gasteiger partial charge < -0.3 is 14.7 Å². The van der Waals surface area contributed by atoms with Crippen molar-refractivity contribution in [3.63, 3.8) is 0 Å². The molecule has 3 aromatic rings. The highest BCUT2D eigenvalue weighted by atomic mass is 35.5. The molecule has 26 heavy (non-hydrogen) atoms. The Hall–Kier alpha value is -2.64. The van der Waals surface area contributed by atoms with Gasteiger partial charge in [-0.05, 0) is 25.1 Å². The number of carboxylic acids is 1. The fourth-order valence-electron chi connectivity index (χ4n) is 3.10. The minimum atomic E-state index is -0.910. The van der Waals surface area contributed by atoms with Gasteiger partial charge in [0.15, 0.2) is 11.9 Å². The highest BCUT2D eigenvalue weighted by Crippen LogP contribution is 2.30. The minimum absolute atomic E-state index is 0. The van der Waals surface area contributed by atoms with E-state index in [0.717, 1.165) is 22.2 Å². The predicted molar refractivity (Wildman–Crippen MR) is 100 cm³/mol. The predicted octanol–water partition coefficient (Wildman–Crippen LogP) is 2.44. The molecule has 2 aromatic heterocycles. The number of rotatable bonds is 3. The van der Waals surface area contributed by atoms with Crippen molar-refractivity contribution < 1.29 is 14.6 Å². The number of halogens is 1. The molecule has 136 valence electrons. The van der Waals surface area contributed by atoms with Crippen LogP contribution in [0.2, 0.25) is 0 Å². The number of anilines is 1. The van der Waals surface area contributed by atoms with Crippen LogP contribution in [0, 0.1) is 6.92 Å². The highest BCUT2D eigenvalue weighted by Gasteiger charge is 2.32. The second-order valence-corrected chi connectivity index (χ2v) is 6.09. The number of carbonyl (C=O) groups is 1. The molecule has 7 nitrogen and oxygen atoms in total. The average Bonchev–Trinajstić information content (AvgIpc) is 3.02. The molecule has 1 saturated heterocycles. The van der Waals surface area contributed by atoms with Gasteiger partial charge in [-0.1, -0.05) is 17.7 Å². The second-order valence-electron chi connectivity index (χ2n) is 6.09. The fourth-order valence-corrected chi connectivity index (χ4v) is 3.10. The Balaban J connectivity index is 0.00000196. The van der Waals surface area contributed by atoms with Crippen molar-refractivity contribution in [3.8, 4) is 5.69 Å². The lowest BCUT2D eigenvalue weighted by atomic mass is 10.2. The summed E-state index contributed by atoms with van der Waals surface area (Å²) in [6.07, 6.45) is 3.45. The molecule has 0 amide bonds.